The number of phenols is 1. The van der Waals surface area contributed by atoms with Gasteiger partial charge >= 0.3 is 0 Å². The molecule has 0 heterocycles. The Labute approximate surface area is 88.1 Å². The van der Waals surface area contributed by atoms with Gasteiger partial charge in [0.1, 0.15) is 5.75 Å². The molecule has 1 aromatic rings. The van der Waals surface area contributed by atoms with Gasteiger partial charge in [0, 0.05) is 31.2 Å². The molecule has 0 aliphatic carbocycles. The first-order valence-corrected chi connectivity index (χ1v) is 3.31. The second kappa shape index (κ2) is 4.49. The SMILES string of the molecule is Oc1ccc(I)cc1.[Hg]. The first-order valence-electron chi connectivity index (χ1n) is 2.23. The van der Waals surface area contributed by atoms with Gasteiger partial charge in [-0.15, -0.1) is 0 Å². The predicted octanol–water partition coefficient (Wildman–Crippen LogP) is 1.99. The van der Waals surface area contributed by atoms with Crippen LogP contribution < -0.4 is 0 Å². The Hall–Kier alpha value is 0.685. The number of hydrogen-bond acceptors (Lipinski definition) is 1. The molecule has 0 aliphatic rings. The van der Waals surface area contributed by atoms with Crippen molar-refractivity contribution in [1.82, 2.24) is 0 Å². The van der Waals surface area contributed by atoms with Gasteiger partial charge in [0.2, 0.25) is 0 Å². The van der Waals surface area contributed by atoms with Gasteiger partial charge in [-0.05, 0) is 46.9 Å². The minimum atomic E-state index is 0. The molecule has 1 rings (SSSR count). The summed E-state index contributed by atoms with van der Waals surface area (Å²) >= 11 is 2.19. The number of phenolic OH excluding ortho intramolecular Hbond substituents is 1. The predicted molar refractivity (Wildman–Crippen MR) is 40.8 cm³/mol. The van der Waals surface area contributed by atoms with Gasteiger partial charge in [0.15, 0.2) is 0 Å². The van der Waals surface area contributed by atoms with E-state index in [1.165, 1.54) is 0 Å². The average Bonchev–Trinajstić information content (AvgIpc) is 1.77. The van der Waals surface area contributed by atoms with E-state index >= 15 is 0 Å². The van der Waals surface area contributed by atoms with Crippen molar-refractivity contribution in [3.63, 3.8) is 0 Å². The van der Waals surface area contributed by atoms with Gasteiger partial charge in [-0.25, -0.2) is 0 Å². The molecule has 3 heteroatoms. The van der Waals surface area contributed by atoms with Crippen LogP contribution >= 0.6 is 22.6 Å². The molecule has 0 radical (unpaired) electrons. The van der Waals surface area contributed by atoms with Crippen LogP contribution in [-0.2, 0) is 27.7 Å². The summed E-state index contributed by atoms with van der Waals surface area (Å²) in [6.07, 6.45) is 0. The molecule has 0 saturated heterocycles. The van der Waals surface area contributed by atoms with Gasteiger partial charge in [0.05, 0.1) is 0 Å². The first kappa shape index (κ1) is 9.69. The van der Waals surface area contributed by atoms with Crippen molar-refractivity contribution in [3.05, 3.63) is 27.8 Å². The van der Waals surface area contributed by atoms with E-state index < -0.39 is 0 Å². The molecule has 0 spiro atoms. The number of hydrogen-bond donors (Lipinski definition) is 1. The summed E-state index contributed by atoms with van der Waals surface area (Å²) in [6.45, 7) is 0. The van der Waals surface area contributed by atoms with Crippen molar-refractivity contribution in [2.45, 2.75) is 0 Å². The topological polar surface area (TPSA) is 20.2 Å². The third-order valence-corrected chi connectivity index (χ3v) is 1.55. The zero-order valence-electron chi connectivity index (χ0n) is 4.84. The number of aromatic hydroxyl groups is 1. The van der Waals surface area contributed by atoms with E-state index in [0.29, 0.717) is 5.75 Å². The maximum absolute atomic E-state index is 8.75. The standard InChI is InChI=1S/C6H5IO.Hg/c7-5-1-3-6(8)4-2-5;/h1-4,8H;. The summed E-state index contributed by atoms with van der Waals surface area (Å²) in [4.78, 5) is 0. The number of halogens is 1. The smallest absolute Gasteiger partial charge is 0.115 e. The van der Waals surface area contributed by atoms with E-state index in [0.717, 1.165) is 3.57 Å². The summed E-state index contributed by atoms with van der Waals surface area (Å²) in [5.41, 5.74) is 0. The molecule has 0 amide bonds. The average molecular weight is 421 g/mol. The molecule has 1 nitrogen and oxygen atoms in total. The van der Waals surface area contributed by atoms with Gasteiger partial charge in [0.25, 0.3) is 0 Å². The molecule has 0 atom stereocenters. The number of benzene rings is 1. The monoisotopic (exact) mass is 422 g/mol. The molecule has 1 aromatic carbocycles. The van der Waals surface area contributed by atoms with Gasteiger partial charge in [-0.1, -0.05) is 0 Å². The molecule has 0 aliphatic heterocycles. The molecule has 0 unspecified atom stereocenters. The fourth-order valence-corrected chi connectivity index (χ4v) is 0.801. The summed E-state index contributed by atoms with van der Waals surface area (Å²) < 4.78 is 1.14. The van der Waals surface area contributed by atoms with Crippen LogP contribution in [0, 0.1) is 3.57 Å². The molecule has 0 fully saturated rings. The molecule has 44 valence electrons. The Bertz CT molecular complexity index is 152. The fourth-order valence-electron chi connectivity index (χ4n) is 0.441. The van der Waals surface area contributed by atoms with E-state index in [1.54, 1.807) is 12.1 Å². The van der Waals surface area contributed by atoms with E-state index in [4.69, 9.17) is 5.11 Å². The summed E-state index contributed by atoms with van der Waals surface area (Å²) in [7, 11) is 0. The summed E-state index contributed by atoms with van der Waals surface area (Å²) in [5, 5.41) is 8.75. The van der Waals surface area contributed by atoms with E-state index in [1.807, 2.05) is 12.1 Å². The third kappa shape index (κ3) is 3.40. The van der Waals surface area contributed by atoms with Crippen molar-refractivity contribution >= 4 is 22.6 Å². The molecular weight excluding hydrogens is 416 g/mol. The quantitative estimate of drug-likeness (QED) is 0.503. The van der Waals surface area contributed by atoms with Crippen LogP contribution in [0.5, 0.6) is 5.75 Å². The van der Waals surface area contributed by atoms with Gasteiger partial charge < -0.3 is 5.11 Å². The third-order valence-electron chi connectivity index (χ3n) is 0.827. The minimum absolute atomic E-state index is 0. The van der Waals surface area contributed by atoms with Crippen LogP contribution in [0.15, 0.2) is 24.3 Å². The van der Waals surface area contributed by atoms with E-state index in [2.05, 4.69) is 22.6 Å². The summed E-state index contributed by atoms with van der Waals surface area (Å²) in [6, 6.07) is 7.05. The van der Waals surface area contributed by atoms with Crippen molar-refractivity contribution in [1.29, 1.82) is 0 Å². The van der Waals surface area contributed by atoms with Crippen molar-refractivity contribution in [2.75, 3.05) is 0 Å². The molecule has 1 N–H and O–H groups in total. The molecule has 0 saturated carbocycles. The maximum atomic E-state index is 8.75. The largest absolute Gasteiger partial charge is 0.508 e. The zero-order chi connectivity index (χ0) is 5.98. The fraction of sp³-hybridized carbons (Fsp3) is 0. The summed E-state index contributed by atoms with van der Waals surface area (Å²) in [5.74, 6) is 0.324. The van der Waals surface area contributed by atoms with Crippen LogP contribution in [0.25, 0.3) is 0 Å². The van der Waals surface area contributed by atoms with Gasteiger partial charge in [-0.2, -0.15) is 0 Å². The van der Waals surface area contributed by atoms with Crippen LogP contribution in [-0.4, -0.2) is 5.11 Å². The Balaban J connectivity index is 0.000000640. The molecular formula is C6H5HgIO. The molecule has 0 aromatic heterocycles. The molecule has 9 heavy (non-hydrogen) atoms. The second-order valence-corrected chi connectivity index (χ2v) is 2.72. The molecule has 0 bridgehead atoms. The zero-order valence-corrected chi connectivity index (χ0v) is 12.5. The second-order valence-electron chi connectivity index (χ2n) is 1.48. The maximum Gasteiger partial charge on any atom is 0.115 e. The number of rotatable bonds is 0. The van der Waals surface area contributed by atoms with Crippen LogP contribution in [0.4, 0.5) is 0 Å². The Morgan fingerprint density at radius 3 is 1.89 bits per heavy atom. The van der Waals surface area contributed by atoms with E-state index in [-0.39, 0.29) is 27.7 Å². The van der Waals surface area contributed by atoms with Crippen LogP contribution in [0.1, 0.15) is 0 Å². The normalized spacial score (nSPS) is 8.11. The van der Waals surface area contributed by atoms with E-state index in [9.17, 15) is 0 Å². The van der Waals surface area contributed by atoms with Crippen molar-refractivity contribution in [2.24, 2.45) is 0 Å². The minimum Gasteiger partial charge on any atom is -0.508 e. The Morgan fingerprint density at radius 1 is 1.11 bits per heavy atom. The Morgan fingerprint density at radius 2 is 1.56 bits per heavy atom. The first-order chi connectivity index (χ1) is 3.79. The van der Waals surface area contributed by atoms with Crippen LogP contribution in [0.2, 0.25) is 0 Å². The Kier molecular flexibility index (Phi) is 4.83. The van der Waals surface area contributed by atoms with Gasteiger partial charge in [-0.3, -0.25) is 0 Å². The van der Waals surface area contributed by atoms with Crippen LogP contribution in [0.3, 0.4) is 0 Å². The van der Waals surface area contributed by atoms with Crippen molar-refractivity contribution < 1.29 is 32.8 Å². The van der Waals surface area contributed by atoms with Crippen molar-refractivity contribution in [3.8, 4) is 5.75 Å².